The highest BCUT2D eigenvalue weighted by atomic mass is 32.1. The van der Waals surface area contributed by atoms with Crippen LogP contribution in [0.4, 0.5) is 0 Å². The lowest BCUT2D eigenvalue weighted by molar-refractivity contribution is 0.183. The Labute approximate surface area is 276 Å². The Morgan fingerprint density at radius 3 is 1.60 bits per heavy atom. The first kappa shape index (κ1) is 37.2. The zero-order valence-corrected chi connectivity index (χ0v) is 30.0. The molecule has 3 heterocycles. The molecular weight excluding hydrogens is 580 g/mol. The fraction of sp³-hybridized carbons (Fsp3) is 0.737. The first-order valence-electron chi connectivity index (χ1n) is 18.4. The van der Waals surface area contributed by atoms with Crippen LogP contribution in [-0.4, -0.2) is 22.2 Å². The van der Waals surface area contributed by atoms with Gasteiger partial charge in [0.05, 0.1) is 17.8 Å². The van der Waals surface area contributed by atoms with Gasteiger partial charge in [-0.25, -0.2) is 4.98 Å². The van der Waals surface area contributed by atoms with E-state index in [1.54, 1.807) is 0 Å². The summed E-state index contributed by atoms with van der Waals surface area (Å²) < 4.78 is 13.6. The molecule has 7 heteroatoms. The van der Waals surface area contributed by atoms with Crippen molar-refractivity contribution in [3.8, 4) is 34.1 Å². The Hall–Kier alpha value is -2.28. The standard InChI is InChI=1S/C38H60N2O4S/c1-7-13-15-17-19-21-25-29-31(32-37(44-28(12-6)24-10-4)34-33(39-32)35(41)38(42)40-34)36(43-27(11-5)23-9-3)30(45-29)26-22-20-18-16-14-8-2/h27-28H,7-26H2,1-6H3. The summed E-state index contributed by atoms with van der Waals surface area (Å²) in [5.41, 5.74) is 0.693. The van der Waals surface area contributed by atoms with E-state index >= 15 is 0 Å². The molecule has 2 aliphatic rings. The van der Waals surface area contributed by atoms with Crippen LogP contribution in [0.3, 0.4) is 0 Å². The van der Waals surface area contributed by atoms with Gasteiger partial charge in [0.1, 0.15) is 22.8 Å². The van der Waals surface area contributed by atoms with Crippen molar-refractivity contribution >= 4 is 11.3 Å². The molecule has 0 aliphatic carbocycles. The van der Waals surface area contributed by atoms with Crippen molar-refractivity contribution in [2.75, 3.05) is 0 Å². The number of thiophene rings is 1. The third-order valence-electron chi connectivity index (χ3n) is 8.96. The van der Waals surface area contributed by atoms with Gasteiger partial charge in [0.2, 0.25) is 0 Å². The van der Waals surface area contributed by atoms with Gasteiger partial charge in [-0.1, -0.05) is 119 Å². The van der Waals surface area contributed by atoms with Gasteiger partial charge < -0.3 is 9.47 Å². The molecular formula is C38H60N2O4S. The smallest absolute Gasteiger partial charge is 0.320 e. The first-order chi connectivity index (χ1) is 21.9. The molecule has 0 amide bonds. The second-order valence-electron chi connectivity index (χ2n) is 12.8. The Kier molecular flexibility index (Phi) is 16.6. The van der Waals surface area contributed by atoms with E-state index in [0.29, 0.717) is 17.1 Å². The van der Waals surface area contributed by atoms with Crippen LogP contribution in [0.5, 0.6) is 11.5 Å². The minimum atomic E-state index is -0.751. The predicted octanol–water partition coefficient (Wildman–Crippen LogP) is 10.6. The van der Waals surface area contributed by atoms with Crippen molar-refractivity contribution in [2.24, 2.45) is 0 Å². The number of aromatic nitrogens is 2. The zero-order chi connectivity index (χ0) is 32.6. The molecule has 2 atom stereocenters. The minimum absolute atomic E-state index is 0.0425. The van der Waals surface area contributed by atoms with Crippen LogP contribution in [0, 0.1) is 0 Å². The van der Waals surface area contributed by atoms with E-state index in [9.17, 15) is 9.59 Å². The van der Waals surface area contributed by atoms with Gasteiger partial charge in [0.25, 0.3) is 5.43 Å². The lowest BCUT2D eigenvalue weighted by atomic mass is 10.0. The number of fused-ring (bicyclic) bond motifs is 1. The fourth-order valence-electron chi connectivity index (χ4n) is 6.25. The summed E-state index contributed by atoms with van der Waals surface area (Å²) in [6, 6.07) is 0. The summed E-state index contributed by atoms with van der Waals surface area (Å²) in [6.07, 6.45) is 22.5. The molecule has 6 nitrogen and oxygen atoms in total. The third kappa shape index (κ3) is 10.4. The number of hydrogen-bond donors (Lipinski definition) is 0. The molecule has 3 rings (SSSR count). The van der Waals surface area contributed by atoms with E-state index in [-0.39, 0.29) is 17.9 Å². The Morgan fingerprint density at radius 2 is 1.07 bits per heavy atom. The maximum atomic E-state index is 12.9. The Morgan fingerprint density at radius 1 is 0.556 bits per heavy atom. The first-order valence-corrected chi connectivity index (χ1v) is 19.2. The van der Waals surface area contributed by atoms with Crippen molar-refractivity contribution in [1.82, 2.24) is 9.97 Å². The number of nitrogens with zero attached hydrogens (tertiary/aromatic N) is 2. The Bertz CT molecular complexity index is 1310. The van der Waals surface area contributed by atoms with E-state index in [2.05, 4.69) is 46.5 Å². The second-order valence-corrected chi connectivity index (χ2v) is 14.0. The van der Waals surface area contributed by atoms with Gasteiger partial charge in [0.15, 0.2) is 5.75 Å². The number of hydrogen-bond acceptors (Lipinski definition) is 7. The van der Waals surface area contributed by atoms with Crippen LogP contribution >= 0.6 is 11.3 Å². The molecule has 0 saturated heterocycles. The molecule has 0 radical (unpaired) electrons. The van der Waals surface area contributed by atoms with Crippen LogP contribution in [0.2, 0.25) is 0 Å². The van der Waals surface area contributed by atoms with Crippen molar-refractivity contribution in [3.63, 3.8) is 0 Å². The lowest BCUT2D eigenvalue weighted by Gasteiger charge is -2.20. The van der Waals surface area contributed by atoms with Gasteiger partial charge in [-0.05, 0) is 51.4 Å². The molecule has 1 aromatic heterocycles. The average molecular weight is 641 g/mol. The maximum absolute atomic E-state index is 12.9. The minimum Gasteiger partial charge on any atom is -0.489 e. The quantitative estimate of drug-likeness (QED) is 0.0677. The number of aryl methyl sites for hydroxylation is 2. The van der Waals surface area contributed by atoms with Gasteiger partial charge >= 0.3 is 5.56 Å². The maximum Gasteiger partial charge on any atom is 0.320 e. The van der Waals surface area contributed by atoms with Gasteiger partial charge in [-0.3, -0.25) is 9.59 Å². The normalized spacial score (nSPS) is 13.1. The molecule has 2 unspecified atom stereocenters. The number of rotatable bonds is 25. The van der Waals surface area contributed by atoms with Gasteiger partial charge in [-0.15, -0.1) is 11.3 Å². The van der Waals surface area contributed by atoms with Crippen LogP contribution in [0.25, 0.3) is 22.6 Å². The van der Waals surface area contributed by atoms with E-state index in [1.807, 2.05) is 11.3 Å². The molecule has 0 spiro atoms. The van der Waals surface area contributed by atoms with E-state index in [0.717, 1.165) is 75.5 Å². The molecule has 0 aromatic carbocycles. The molecule has 0 bridgehead atoms. The highest BCUT2D eigenvalue weighted by Gasteiger charge is 2.34. The summed E-state index contributed by atoms with van der Waals surface area (Å²) >= 11 is 1.87. The molecule has 0 N–H and O–H groups in total. The van der Waals surface area contributed by atoms with E-state index in [1.165, 1.54) is 74.0 Å². The van der Waals surface area contributed by atoms with Crippen LogP contribution < -0.4 is 20.5 Å². The van der Waals surface area contributed by atoms with Gasteiger partial charge in [-0.2, -0.15) is 4.98 Å². The summed E-state index contributed by atoms with van der Waals surface area (Å²) in [7, 11) is 0. The summed E-state index contributed by atoms with van der Waals surface area (Å²) in [5.74, 6) is 1.42. The summed E-state index contributed by atoms with van der Waals surface area (Å²) in [6.45, 7) is 13.2. The van der Waals surface area contributed by atoms with E-state index < -0.39 is 11.0 Å². The third-order valence-corrected chi connectivity index (χ3v) is 10.2. The largest absolute Gasteiger partial charge is 0.489 e. The molecule has 0 fully saturated rings. The molecule has 45 heavy (non-hydrogen) atoms. The predicted molar refractivity (Wildman–Crippen MR) is 190 cm³/mol. The zero-order valence-electron chi connectivity index (χ0n) is 29.2. The molecule has 0 saturated carbocycles. The number of ether oxygens (including phenoxy) is 2. The lowest BCUT2D eigenvalue weighted by Crippen LogP contribution is -2.19. The van der Waals surface area contributed by atoms with Crippen molar-refractivity contribution in [2.45, 2.75) is 182 Å². The van der Waals surface area contributed by atoms with Crippen molar-refractivity contribution in [3.05, 3.63) is 30.3 Å². The molecule has 1 aromatic rings. The second kappa shape index (κ2) is 20.1. The highest BCUT2D eigenvalue weighted by Crippen LogP contribution is 2.50. The van der Waals surface area contributed by atoms with Gasteiger partial charge in [0, 0.05) is 9.75 Å². The number of unbranched alkanes of at least 4 members (excludes halogenated alkanes) is 10. The molecule has 2 aliphatic heterocycles. The van der Waals surface area contributed by atoms with Crippen LogP contribution in [-0.2, 0) is 12.8 Å². The molecule has 252 valence electrons. The van der Waals surface area contributed by atoms with Crippen LogP contribution in [0.1, 0.15) is 167 Å². The monoisotopic (exact) mass is 640 g/mol. The van der Waals surface area contributed by atoms with Crippen molar-refractivity contribution < 1.29 is 9.47 Å². The topological polar surface area (TPSA) is 78.4 Å². The fourth-order valence-corrected chi connectivity index (χ4v) is 7.58. The summed E-state index contributed by atoms with van der Waals surface area (Å²) in [4.78, 5) is 36.9. The van der Waals surface area contributed by atoms with Crippen molar-refractivity contribution in [1.29, 1.82) is 0 Å². The Balaban J connectivity index is 2.14. The van der Waals surface area contributed by atoms with Crippen LogP contribution in [0.15, 0.2) is 9.59 Å². The SMILES string of the molecule is CCCCCCCCc1sc(CCCCCCCC)c(-c2nc3c(=O)c(=O)nc-3c2OC(CC)CCC)c1OC(CC)CCC. The highest BCUT2D eigenvalue weighted by molar-refractivity contribution is 7.13. The average Bonchev–Trinajstić information content (AvgIpc) is 3.65. The van der Waals surface area contributed by atoms with E-state index in [4.69, 9.17) is 14.5 Å². The summed E-state index contributed by atoms with van der Waals surface area (Å²) in [5, 5.41) is 0.